The largest absolute Gasteiger partial charge is 0.327 e. The number of thioether (sulfide) groups is 1. The van der Waals surface area contributed by atoms with Crippen LogP contribution in [0.3, 0.4) is 0 Å². The van der Waals surface area contributed by atoms with E-state index < -0.39 is 0 Å². The van der Waals surface area contributed by atoms with Gasteiger partial charge in [-0.05, 0) is 48.2 Å². The van der Waals surface area contributed by atoms with Gasteiger partial charge in [-0.1, -0.05) is 38.1 Å². The molecule has 3 heteroatoms. The third kappa shape index (κ3) is 4.32. The molecule has 0 aliphatic rings. The Morgan fingerprint density at radius 3 is 2.14 bits per heavy atom. The first-order valence-corrected chi connectivity index (χ1v) is 8.13. The number of benzene rings is 2. The summed E-state index contributed by atoms with van der Waals surface area (Å²) in [5, 5.41) is 0.0469. The summed E-state index contributed by atoms with van der Waals surface area (Å²) in [7, 11) is 0. The van der Waals surface area contributed by atoms with Crippen LogP contribution in [0.25, 0.3) is 0 Å². The molecule has 2 atom stereocenters. The smallest absolute Gasteiger partial charge is 0.123 e. The van der Waals surface area contributed by atoms with Crippen molar-refractivity contribution in [1.29, 1.82) is 0 Å². The van der Waals surface area contributed by atoms with Crippen LogP contribution in [0.2, 0.25) is 0 Å². The average molecular weight is 303 g/mol. The van der Waals surface area contributed by atoms with Crippen LogP contribution in [0, 0.1) is 5.82 Å². The molecule has 0 aromatic heterocycles. The van der Waals surface area contributed by atoms with E-state index in [2.05, 4.69) is 38.1 Å². The Labute approximate surface area is 130 Å². The van der Waals surface area contributed by atoms with Crippen molar-refractivity contribution >= 4 is 11.8 Å². The highest BCUT2D eigenvalue weighted by molar-refractivity contribution is 7.99. The van der Waals surface area contributed by atoms with E-state index >= 15 is 0 Å². The average Bonchev–Trinajstić information content (AvgIpc) is 2.45. The maximum atomic E-state index is 13.4. The van der Waals surface area contributed by atoms with E-state index in [1.54, 1.807) is 23.9 Å². The van der Waals surface area contributed by atoms with Gasteiger partial charge in [-0.25, -0.2) is 4.39 Å². The highest BCUT2D eigenvalue weighted by Crippen LogP contribution is 2.37. The Kier molecular flexibility index (Phi) is 5.43. The lowest BCUT2D eigenvalue weighted by molar-refractivity contribution is 0.622. The number of hydrogen-bond acceptors (Lipinski definition) is 2. The molecule has 2 aromatic rings. The van der Waals surface area contributed by atoms with Gasteiger partial charge in [0.05, 0.1) is 0 Å². The molecule has 0 amide bonds. The minimum atomic E-state index is -0.214. The van der Waals surface area contributed by atoms with Gasteiger partial charge in [-0.3, -0.25) is 0 Å². The van der Waals surface area contributed by atoms with Gasteiger partial charge in [-0.2, -0.15) is 0 Å². The van der Waals surface area contributed by atoms with Crippen molar-refractivity contribution < 1.29 is 4.39 Å². The molecular formula is C18H22FNS. The van der Waals surface area contributed by atoms with E-state index in [4.69, 9.17) is 5.73 Å². The van der Waals surface area contributed by atoms with E-state index in [1.807, 2.05) is 13.0 Å². The van der Waals surface area contributed by atoms with Crippen LogP contribution in [-0.4, -0.2) is 6.04 Å². The normalized spacial score (nSPS) is 14.2. The molecule has 2 N–H and O–H groups in total. The van der Waals surface area contributed by atoms with E-state index in [1.165, 1.54) is 11.6 Å². The second kappa shape index (κ2) is 7.10. The van der Waals surface area contributed by atoms with Gasteiger partial charge >= 0.3 is 0 Å². The first-order chi connectivity index (χ1) is 9.97. The van der Waals surface area contributed by atoms with E-state index in [0.717, 1.165) is 10.5 Å². The fourth-order valence-electron chi connectivity index (χ4n) is 2.24. The number of nitrogens with two attached hydrogens (primary N) is 1. The quantitative estimate of drug-likeness (QED) is 0.775. The number of hydrogen-bond donors (Lipinski definition) is 1. The highest BCUT2D eigenvalue weighted by Gasteiger charge is 2.18. The molecule has 0 fully saturated rings. The molecule has 0 radical (unpaired) electrons. The van der Waals surface area contributed by atoms with Gasteiger partial charge in [-0.15, -0.1) is 11.8 Å². The fourth-order valence-corrected chi connectivity index (χ4v) is 3.32. The first kappa shape index (κ1) is 16.1. The zero-order valence-corrected chi connectivity index (χ0v) is 13.5. The van der Waals surface area contributed by atoms with Crippen LogP contribution in [0.1, 0.15) is 43.1 Å². The first-order valence-electron chi connectivity index (χ1n) is 7.25. The summed E-state index contributed by atoms with van der Waals surface area (Å²) in [5.41, 5.74) is 8.36. The van der Waals surface area contributed by atoms with Gasteiger partial charge in [0, 0.05) is 16.2 Å². The molecule has 1 nitrogen and oxygen atoms in total. The van der Waals surface area contributed by atoms with Crippen LogP contribution >= 0.6 is 11.8 Å². The van der Waals surface area contributed by atoms with E-state index in [-0.39, 0.29) is 17.1 Å². The molecule has 0 aliphatic heterocycles. The zero-order valence-electron chi connectivity index (χ0n) is 12.7. The Morgan fingerprint density at radius 1 is 0.952 bits per heavy atom. The molecule has 0 heterocycles. The van der Waals surface area contributed by atoms with Crippen LogP contribution in [-0.2, 0) is 0 Å². The van der Waals surface area contributed by atoms with Gasteiger partial charge in [0.25, 0.3) is 0 Å². The number of halogens is 1. The monoisotopic (exact) mass is 303 g/mol. The van der Waals surface area contributed by atoms with Crippen molar-refractivity contribution in [2.45, 2.75) is 42.9 Å². The summed E-state index contributed by atoms with van der Waals surface area (Å²) in [4.78, 5) is 1.16. The molecule has 0 aliphatic carbocycles. The summed E-state index contributed by atoms with van der Waals surface area (Å²) in [5.74, 6) is 0.311. The summed E-state index contributed by atoms with van der Waals surface area (Å²) in [6.45, 7) is 6.32. The van der Waals surface area contributed by atoms with E-state index in [0.29, 0.717) is 5.92 Å². The van der Waals surface area contributed by atoms with Crippen LogP contribution in [0.5, 0.6) is 0 Å². The van der Waals surface area contributed by atoms with Gasteiger partial charge in [0.2, 0.25) is 0 Å². The second-order valence-corrected chi connectivity index (χ2v) is 6.89. The van der Waals surface area contributed by atoms with Crippen molar-refractivity contribution in [3.63, 3.8) is 0 Å². The van der Waals surface area contributed by atoms with Crippen molar-refractivity contribution in [3.05, 3.63) is 65.5 Å². The number of rotatable bonds is 5. The van der Waals surface area contributed by atoms with Crippen molar-refractivity contribution in [2.75, 3.05) is 0 Å². The van der Waals surface area contributed by atoms with Crippen LogP contribution in [0.15, 0.2) is 53.4 Å². The minimum absolute atomic E-state index is 0.0469. The van der Waals surface area contributed by atoms with Crippen LogP contribution in [0.4, 0.5) is 4.39 Å². The predicted octanol–water partition coefficient (Wildman–Crippen LogP) is 5.13. The van der Waals surface area contributed by atoms with Crippen molar-refractivity contribution in [2.24, 2.45) is 5.73 Å². The predicted molar refractivity (Wildman–Crippen MR) is 89.2 cm³/mol. The maximum Gasteiger partial charge on any atom is 0.123 e. The fraction of sp³-hybridized carbons (Fsp3) is 0.333. The highest BCUT2D eigenvalue weighted by atomic mass is 32.2. The van der Waals surface area contributed by atoms with Gasteiger partial charge < -0.3 is 5.73 Å². The summed E-state index contributed by atoms with van der Waals surface area (Å²) in [6.07, 6.45) is 0. The molecule has 21 heavy (non-hydrogen) atoms. The molecule has 0 saturated carbocycles. The molecule has 2 unspecified atom stereocenters. The molecule has 0 spiro atoms. The third-order valence-corrected chi connectivity index (χ3v) is 4.96. The summed E-state index contributed by atoms with van der Waals surface area (Å²) in [6, 6.07) is 15.2. The lowest BCUT2D eigenvalue weighted by atomic mass is 10.0. The second-order valence-electron chi connectivity index (χ2n) is 5.68. The lowest BCUT2D eigenvalue weighted by Crippen LogP contribution is -2.22. The Balaban J connectivity index is 2.20. The maximum absolute atomic E-state index is 13.4. The summed E-state index contributed by atoms with van der Waals surface area (Å²) < 4.78 is 13.4. The molecule has 2 aromatic carbocycles. The zero-order chi connectivity index (χ0) is 15.4. The Morgan fingerprint density at radius 2 is 1.62 bits per heavy atom. The Bertz CT molecular complexity index is 578. The van der Waals surface area contributed by atoms with Crippen molar-refractivity contribution in [1.82, 2.24) is 0 Å². The minimum Gasteiger partial charge on any atom is -0.327 e. The summed E-state index contributed by atoms with van der Waals surface area (Å²) >= 11 is 1.69. The van der Waals surface area contributed by atoms with E-state index in [9.17, 15) is 4.39 Å². The third-order valence-electron chi connectivity index (χ3n) is 3.46. The van der Waals surface area contributed by atoms with Gasteiger partial charge in [0.15, 0.2) is 0 Å². The molecule has 0 bridgehead atoms. The standard InChI is InChI=1S/C18H22FNS/c1-12(2)14-7-9-17(10-8-14)21-18(13(3)20)15-5-4-6-16(19)11-15/h4-13,18H,20H2,1-3H3. The lowest BCUT2D eigenvalue weighted by Gasteiger charge is -2.21. The SMILES string of the molecule is CC(C)c1ccc(SC(c2cccc(F)c2)C(C)N)cc1. The van der Waals surface area contributed by atoms with Crippen LogP contribution < -0.4 is 5.73 Å². The molecule has 112 valence electrons. The molecular weight excluding hydrogens is 281 g/mol. The molecule has 2 rings (SSSR count). The Hall–Kier alpha value is -1.32. The van der Waals surface area contributed by atoms with Crippen molar-refractivity contribution in [3.8, 4) is 0 Å². The van der Waals surface area contributed by atoms with Gasteiger partial charge in [0.1, 0.15) is 5.82 Å². The molecule has 0 saturated heterocycles. The topological polar surface area (TPSA) is 26.0 Å².